The first-order valence-electron chi connectivity index (χ1n) is 12.4. The molecule has 0 radical (unpaired) electrons. The number of hydrogen-bond donors (Lipinski definition) is 1. The Morgan fingerprint density at radius 2 is 1.66 bits per heavy atom. The number of carbonyl (C=O) groups excluding carboxylic acids is 1. The number of carboxylic acid groups (broad SMARTS) is 1. The Hall–Kier alpha value is -5.06. The fourth-order valence-electron chi connectivity index (χ4n) is 4.50. The molecule has 0 spiro atoms. The number of benzene rings is 3. The minimum Gasteiger partial charge on any atom is -0.475 e. The molecule has 0 saturated heterocycles. The van der Waals surface area contributed by atoms with Crippen molar-refractivity contribution in [3.05, 3.63) is 96.5 Å². The lowest BCUT2D eigenvalue weighted by atomic mass is 9.97. The maximum atomic E-state index is 14.0. The van der Waals surface area contributed by atoms with Crippen molar-refractivity contribution in [2.24, 2.45) is 0 Å². The molecule has 1 amide bonds. The number of alkyl halides is 3. The van der Waals surface area contributed by atoms with Crippen molar-refractivity contribution < 1.29 is 37.0 Å². The molecule has 0 unspecified atom stereocenters. The van der Waals surface area contributed by atoms with Crippen LogP contribution in [-0.4, -0.2) is 38.7 Å². The number of rotatable bonds is 6. The van der Waals surface area contributed by atoms with Gasteiger partial charge in [-0.25, -0.2) is 9.48 Å². The third-order valence-corrected chi connectivity index (χ3v) is 6.22. The van der Waals surface area contributed by atoms with E-state index in [0.717, 1.165) is 0 Å². The molecule has 0 aliphatic carbocycles. The number of carboxylic acids is 1. The number of halogens is 3. The Balaban J connectivity index is 1.66. The van der Waals surface area contributed by atoms with Crippen LogP contribution in [0.15, 0.2) is 89.6 Å². The first-order valence-corrected chi connectivity index (χ1v) is 12.4. The van der Waals surface area contributed by atoms with Gasteiger partial charge in [-0.05, 0) is 63.2 Å². The van der Waals surface area contributed by atoms with E-state index in [0.29, 0.717) is 33.5 Å². The van der Waals surface area contributed by atoms with E-state index in [9.17, 15) is 27.9 Å². The summed E-state index contributed by atoms with van der Waals surface area (Å²) in [4.78, 5) is 27.3. The van der Waals surface area contributed by atoms with E-state index in [-0.39, 0.29) is 23.0 Å². The highest BCUT2D eigenvalue weighted by atomic mass is 19.4. The van der Waals surface area contributed by atoms with Gasteiger partial charge in [-0.2, -0.15) is 5.10 Å². The summed E-state index contributed by atoms with van der Waals surface area (Å²) >= 11 is 0. The van der Waals surface area contributed by atoms with Crippen molar-refractivity contribution in [3.63, 3.8) is 0 Å². The van der Waals surface area contributed by atoms with Gasteiger partial charge in [-0.1, -0.05) is 30.3 Å². The summed E-state index contributed by atoms with van der Waals surface area (Å²) in [5.74, 6) is -2.23. The Morgan fingerprint density at radius 3 is 2.27 bits per heavy atom. The van der Waals surface area contributed by atoms with Gasteiger partial charge >= 0.3 is 12.3 Å². The maximum Gasteiger partial charge on any atom is 0.573 e. The largest absolute Gasteiger partial charge is 0.573 e. The second-order valence-electron chi connectivity index (χ2n) is 10.2. The van der Waals surface area contributed by atoms with Crippen molar-refractivity contribution >= 4 is 28.5 Å². The fourth-order valence-corrected chi connectivity index (χ4v) is 4.50. The zero-order valence-corrected chi connectivity index (χ0v) is 22.1. The number of aromatic nitrogens is 2. The fraction of sp³-hybridized carbons (Fsp3) is 0.167. The van der Waals surface area contributed by atoms with Gasteiger partial charge in [-0.15, -0.1) is 13.2 Å². The first-order chi connectivity index (χ1) is 19.3. The zero-order chi connectivity index (χ0) is 29.5. The Labute approximate surface area is 232 Å². The Bertz CT molecular complexity index is 1730. The number of furan rings is 1. The minimum atomic E-state index is -4.81. The molecule has 0 aliphatic rings. The average Bonchev–Trinajstić information content (AvgIpc) is 3.56. The number of ether oxygens (including phenoxy) is 1. The average molecular weight is 564 g/mol. The highest BCUT2D eigenvalue weighted by molar-refractivity contribution is 6.14. The molecule has 41 heavy (non-hydrogen) atoms. The predicted octanol–water partition coefficient (Wildman–Crippen LogP) is 7.33. The molecule has 0 aliphatic heterocycles. The lowest BCUT2D eigenvalue weighted by Crippen LogP contribution is -2.46. The molecular formula is C30H24F3N3O5. The highest BCUT2D eigenvalue weighted by Crippen LogP contribution is 2.42. The third kappa shape index (κ3) is 5.65. The second kappa shape index (κ2) is 10.2. The summed E-state index contributed by atoms with van der Waals surface area (Å²) in [7, 11) is 0. The van der Waals surface area contributed by atoms with Crippen LogP contribution < -0.4 is 9.64 Å². The van der Waals surface area contributed by atoms with E-state index >= 15 is 0 Å². The molecule has 2 heterocycles. The summed E-state index contributed by atoms with van der Waals surface area (Å²) in [5.41, 5.74) is 1.76. The number of aromatic carboxylic acids is 1. The van der Waals surface area contributed by atoms with E-state index < -0.39 is 17.9 Å². The molecule has 0 fully saturated rings. The van der Waals surface area contributed by atoms with Crippen LogP contribution in [0.3, 0.4) is 0 Å². The maximum absolute atomic E-state index is 14.0. The molecular weight excluding hydrogens is 539 g/mol. The normalized spacial score (nSPS) is 12.0. The van der Waals surface area contributed by atoms with Crippen molar-refractivity contribution in [2.45, 2.75) is 32.7 Å². The van der Waals surface area contributed by atoms with Crippen LogP contribution in [-0.2, 0) is 0 Å². The van der Waals surface area contributed by atoms with Gasteiger partial charge in [-0.3, -0.25) is 9.69 Å². The smallest absolute Gasteiger partial charge is 0.475 e. The Morgan fingerprint density at radius 1 is 0.976 bits per heavy atom. The van der Waals surface area contributed by atoms with Crippen molar-refractivity contribution in [1.29, 1.82) is 0 Å². The van der Waals surface area contributed by atoms with Crippen LogP contribution in [0.2, 0.25) is 0 Å². The molecule has 5 rings (SSSR count). The van der Waals surface area contributed by atoms with Gasteiger partial charge in [0.2, 0.25) is 5.76 Å². The monoisotopic (exact) mass is 563 g/mol. The van der Waals surface area contributed by atoms with E-state index in [1.165, 1.54) is 35.0 Å². The summed E-state index contributed by atoms with van der Waals surface area (Å²) in [5, 5.41) is 14.5. The Kier molecular flexibility index (Phi) is 6.82. The zero-order valence-electron chi connectivity index (χ0n) is 22.1. The molecule has 0 saturated carbocycles. The van der Waals surface area contributed by atoms with Crippen LogP contribution in [0.5, 0.6) is 5.75 Å². The van der Waals surface area contributed by atoms with Crippen LogP contribution in [0.4, 0.5) is 18.9 Å². The van der Waals surface area contributed by atoms with E-state index in [4.69, 9.17) is 4.42 Å². The number of amides is 1. The second-order valence-corrected chi connectivity index (χ2v) is 10.2. The quantitative estimate of drug-likeness (QED) is 0.232. The van der Waals surface area contributed by atoms with Crippen LogP contribution in [0.1, 0.15) is 41.7 Å². The number of hydrogen-bond acceptors (Lipinski definition) is 5. The molecule has 8 nitrogen and oxygen atoms in total. The van der Waals surface area contributed by atoms with Gasteiger partial charge in [0.1, 0.15) is 5.75 Å². The van der Waals surface area contributed by atoms with E-state index in [1.54, 1.807) is 59.8 Å². The standard InChI is InChI=1S/C30H24F3N3O5/c1-29(2,3)36(27(37)18-7-5-4-6-8-18)25-23(14-9-19-15-24(28(38)39)40-26(19)25)20-16-34-35(17-20)21-10-12-22(13-11-21)41-30(31,32)33/h4-17H,1-3H3,(H,38,39). The first kappa shape index (κ1) is 27.5. The lowest BCUT2D eigenvalue weighted by Gasteiger charge is -2.37. The molecule has 210 valence electrons. The topological polar surface area (TPSA) is 97.8 Å². The third-order valence-electron chi connectivity index (χ3n) is 6.22. The van der Waals surface area contributed by atoms with Gasteiger partial charge in [0.25, 0.3) is 5.91 Å². The van der Waals surface area contributed by atoms with Crippen LogP contribution >= 0.6 is 0 Å². The summed E-state index contributed by atoms with van der Waals surface area (Å²) in [6, 6.07) is 18.7. The molecule has 3 aromatic carbocycles. The number of carbonyl (C=O) groups is 2. The highest BCUT2D eigenvalue weighted by Gasteiger charge is 2.34. The summed E-state index contributed by atoms with van der Waals surface area (Å²) in [6.45, 7) is 5.56. The molecule has 11 heteroatoms. The van der Waals surface area contributed by atoms with Crippen LogP contribution in [0, 0.1) is 0 Å². The minimum absolute atomic E-state index is 0.209. The molecule has 0 bridgehead atoms. The van der Waals surface area contributed by atoms with Crippen molar-refractivity contribution in [2.75, 3.05) is 4.90 Å². The number of nitrogens with zero attached hydrogens (tertiary/aromatic N) is 3. The van der Waals surface area contributed by atoms with Gasteiger partial charge in [0.15, 0.2) is 5.58 Å². The van der Waals surface area contributed by atoms with E-state index in [2.05, 4.69) is 9.84 Å². The molecule has 2 aromatic heterocycles. The van der Waals surface area contributed by atoms with Crippen LogP contribution in [0.25, 0.3) is 27.8 Å². The predicted molar refractivity (Wildman–Crippen MR) is 145 cm³/mol. The van der Waals surface area contributed by atoms with Crippen molar-refractivity contribution in [1.82, 2.24) is 9.78 Å². The van der Waals surface area contributed by atoms with Crippen molar-refractivity contribution in [3.8, 4) is 22.6 Å². The lowest BCUT2D eigenvalue weighted by molar-refractivity contribution is -0.274. The number of fused-ring (bicyclic) bond motifs is 1. The molecule has 5 aromatic rings. The van der Waals surface area contributed by atoms with Gasteiger partial charge in [0.05, 0.1) is 17.6 Å². The molecule has 0 atom stereocenters. The summed E-state index contributed by atoms with van der Waals surface area (Å²) < 4.78 is 48.9. The van der Waals surface area contributed by atoms with Gasteiger partial charge < -0.3 is 14.3 Å². The number of anilines is 1. The molecule has 1 N–H and O–H groups in total. The SMILES string of the molecule is CC(C)(C)N(C(=O)c1ccccc1)c1c(-c2cnn(-c3ccc(OC(F)(F)F)cc3)c2)ccc2cc(C(=O)O)oc12. The van der Waals surface area contributed by atoms with Gasteiger partial charge in [0, 0.05) is 33.8 Å². The van der Waals surface area contributed by atoms with E-state index in [1.807, 2.05) is 20.8 Å². The summed E-state index contributed by atoms with van der Waals surface area (Å²) in [6.07, 6.45) is -1.61.